The molecule has 4 aromatic rings. The summed E-state index contributed by atoms with van der Waals surface area (Å²) in [7, 11) is 0. The van der Waals surface area contributed by atoms with Gasteiger partial charge >= 0.3 is 0 Å². The van der Waals surface area contributed by atoms with Crippen LogP contribution in [0.15, 0.2) is 47.6 Å². The molecule has 4 rings (SSSR count). The van der Waals surface area contributed by atoms with E-state index < -0.39 is 4.92 Å². The minimum atomic E-state index is -0.401. The van der Waals surface area contributed by atoms with Crippen LogP contribution in [0.25, 0.3) is 22.1 Å². The van der Waals surface area contributed by atoms with E-state index in [1.54, 1.807) is 17.8 Å². The number of nitrogens with one attached hydrogen (secondary N) is 1. The Morgan fingerprint density at radius 1 is 1.19 bits per heavy atom. The largest absolute Gasteiger partial charge is 0.341 e. The van der Waals surface area contributed by atoms with E-state index in [0.29, 0.717) is 11.3 Å². The van der Waals surface area contributed by atoms with Gasteiger partial charge in [0.2, 0.25) is 0 Å². The van der Waals surface area contributed by atoms with E-state index in [-0.39, 0.29) is 5.69 Å². The van der Waals surface area contributed by atoms with Gasteiger partial charge in [0.15, 0.2) is 5.16 Å². The van der Waals surface area contributed by atoms with Crippen LogP contribution >= 0.6 is 11.8 Å². The molecule has 7 nitrogen and oxygen atoms in total. The number of rotatable bonds is 6. The zero-order valence-corrected chi connectivity index (χ0v) is 15.0. The molecular formula is C18H17N5O2S. The molecule has 0 atom stereocenters. The van der Waals surface area contributed by atoms with Gasteiger partial charge in [0.25, 0.3) is 5.69 Å². The quantitative estimate of drug-likeness (QED) is 0.307. The number of thioether (sulfide) groups is 1. The van der Waals surface area contributed by atoms with E-state index in [4.69, 9.17) is 4.98 Å². The molecule has 0 spiro atoms. The lowest BCUT2D eigenvalue weighted by atomic mass is 10.3. The van der Waals surface area contributed by atoms with Crippen LogP contribution in [0.2, 0.25) is 0 Å². The molecule has 132 valence electrons. The number of non-ortho nitro benzene ring substituents is 1. The Morgan fingerprint density at radius 3 is 2.85 bits per heavy atom. The number of nitro benzene ring substituents is 1. The number of nitro groups is 1. The van der Waals surface area contributed by atoms with Crippen LogP contribution < -0.4 is 0 Å². The van der Waals surface area contributed by atoms with Crippen LogP contribution in [-0.2, 0) is 12.3 Å². The Balaban J connectivity index is 1.61. The number of benzene rings is 2. The fraction of sp³-hybridized carbons (Fsp3) is 0.222. The van der Waals surface area contributed by atoms with E-state index in [9.17, 15) is 10.1 Å². The molecule has 26 heavy (non-hydrogen) atoms. The second-order valence-electron chi connectivity index (χ2n) is 5.97. The molecule has 8 heteroatoms. The normalized spacial score (nSPS) is 11.4. The second kappa shape index (κ2) is 6.80. The van der Waals surface area contributed by atoms with Crippen LogP contribution in [0.5, 0.6) is 0 Å². The number of imidazole rings is 2. The molecule has 0 amide bonds. The second-order valence-corrected chi connectivity index (χ2v) is 6.91. The van der Waals surface area contributed by atoms with Crippen LogP contribution in [0.3, 0.4) is 0 Å². The average molecular weight is 367 g/mol. The highest BCUT2D eigenvalue weighted by Gasteiger charge is 2.13. The number of nitrogens with zero attached hydrogens (tertiary/aromatic N) is 4. The van der Waals surface area contributed by atoms with Gasteiger partial charge in [-0.15, -0.1) is 0 Å². The van der Waals surface area contributed by atoms with Crippen molar-refractivity contribution in [2.24, 2.45) is 0 Å². The number of aromatic nitrogens is 4. The Kier molecular flexibility index (Phi) is 4.34. The minimum Gasteiger partial charge on any atom is -0.341 e. The first kappa shape index (κ1) is 16.6. The third kappa shape index (κ3) is 3.03. The van der Waals surface area contributed by atoms with Gasteiger partial charge in [0, 0.05) is 18.7 Å². The number of H-pyrrole nitrogens is 1. The van der Waals surface area contributed by atoms with Gasteiger partial charge in [0.05, 0.1) is 32.7 Å². The summed E-state index contributed by atoms with van der Waals surface area (Å²) in [4.78, 5) is 22.9. The van der Waals surface area contributed by atoms with Gasteiger partial charge < -0.3 is 9.55 Å². The van der Waals surface area contributed by atoms with Crippen molar-refractivity contribution in [2.45, 2.75) is 30.8 Å². The molecule has 0 aliphatic heterocycles. The number of para-hydroxylation sites is 2. The smallest absolute Gasteiger partial charge is 0.271 e. The maximum atomic E-state index is 10.9. The van der Waals surface area contributed by atoms with Crippen molar-refractivity contribution >= 4 is 39.5 Å². The first-order valence-corrected chi connectivity index (χ1v) is 9.35. The third-order valence-electron chi connectivity index (χ3n) is 4.13. The van der Waals surface area contributed by atoms with E-state index in [2.05, 4.69) is 27.5 Å². The predicted molar refractivity (Wildman–Crippen MR) is 102 cm³/mol. The molecule has 0 bridgehead atoms. The van der Waals surface area contributed by atoms with Crippen LogP contribution in [0.4, 0.5) is 5.69 Å². The van der Waals surface area contributed by atoms with Crippen LogP contribution in [0, 0.1) is 10.1 Å². The molecule has 2 heterocycles. The molecule has 0 fully saturated rings. The molecule has 0 saturated carbocycles. The summed E-state index contributed by atoms with van der Waals surface area (Å²) in [6.45, 7) is 3.06. The van der Waals surface area contributed by atoms with Crippen LogP contribution in [-0.4, -0.2) is 24.4 Å². The lowest BCUT2D eigenvalue weighted by Gasteiger charge is -2.06. The zero-order valence-electron chi connectivity index (χ0n) is 14.2. The first-order valence-electron chi connectivity index (χ1n) is 8.37. The Labute approximate surface area is 153 Å². The van der Waals surface area contributed by atoms with E-state index in [1.807, 2.05) is 18.2 Å². The third-order valence-corrected chi connectivity index (χ3v) is 5.12. The summed E-state index contributed by atoms with van der Waals surface area (Å²) in [5.41, 5.74) is 3.59. The average Bonchev–Trinajstić information content (AvgIpc) is 3.20. The summed E-state index contributed by atoms with van der Waals surface area (Å²) in [5.74, 6) is 1.40. The topological polar surface area (TPSA) is 89.6 Å². The Morgan fingerprint density at radius 2 is 2.04 bits per heavy atom. The number of aryl methyl sites for hydroxylation is 1. The number of aromatic amines is 1. The molecule has 0 radical (unpaired) electrons. The SMILES string of the molecule is CCCn1c(SCc2nc3ccc([N+](=O)[O-])cc3[nH]2)nc2ccccc21. The van der Waals surface area contributed by atoms with Crippen molar-refractivity contribution in [3.8, 4) is 0 Å². The zero-order chi connectivity index (χ0) is 18.1. The van der Waals surface area contributed by atoms with Crippen molar-refractivity contribution in [1.82, 2.24) is 19.5 Å². The molecule has 1 N–H and O–H groups in total. The van der Waals surface area contributed by atoms with Gasteiger partial charge in [-0.2, -0.15) is 0 Å². The van der Waals surface area contributed by atoms with Crippen LogP contribution in [0.1, 0.15) is 19.2 Å². The number of fused-ring (bicyclic) bond motifs is 2. The summed E-state index contributed by atoms with van der Waals surface area (Å²) in [6.07, 6.45) is 1.03. The Hall–Kier alpha value is -2.87. The molecule has 0 saturated heterocycles. The molecule has 2 aromatic heterocycles. The van der Waals surface area contributed by atoms with Crippen molar-refractivity contribution < 1.29 is 4.92 Å². The molecular weight excluding hydrogens is 350 g/mol. The lowest BCUT2D eigenvalue weighted by molar-refractivity contribution is -0.384. The van der Waals surface area contributed by atoms with Gasteiger partial charge in [-0.3, -0.25) is 10.1 Å². The van der Waals surface area contributed by atoms with Gasteiger partial charge in [0.1, 0.15) is 5.82 Å². The summed E-state index contributed by atoms with van der Waals surface area (Å²) in [5, 5.41) is 11.9. The molecule has 0 aliphatic carbocycles. The van der Waals surface area contributed by atoms with Gasteiger partial charge in [-0.05, 0) is 24.6 Å². The van der Waals surface area contributed by atoms with E-state index in [1.165, 1.54) is 12.1 Å². The molecule has 0 unspecified atom stereocenters. The van der Waals surface area contributed by atoms with Crippen molar-refractivity contribution in [1.29, 1.82) is 0 Å². The maximum absolute atomic E-state index is 10.9. The summed E-state index contributed by atoms with van der Waals surface area (Å²) < 4.78 is 2.23. The molecule has 2 aromatic carbocycles. The van der Waals surface area contributed by atoms with E-state index in [0.717, 1.165) is 40.5 Å². The first-order chi connectivity index (χ1) is 12.7. The highest BCUT2D eigenvalue weighted by atomic mass is 32.2. The van der Waals surface area contributed by atoms with Crippen molar-refractivity contribution in [3.05, 3.63) is 58.4 Å². The maximum Gasteiger partial charge on any atom is 0.271 e. The monoisotopic (exact) mass is 367 g/mol. The highest BCUT2D eigenvalue weighted by molar-refractivity contribution is 7.98. The summed E-state index contributed by atoms with van der Waals surface area (Å²) >= 11 is 1.62. The van der Waals surface area contributed by atoms with Crippen molar-refractivity contribution in [3.63, 3.8) is 0 Å². The number of hydrogen-bond donors (Lipinski definition) is 1. The standard InChI is InChI=1S/C18H17N5O2S/c1-2-9-22-16-6-4-3-5-14(16)21-18(22)26-11-17-19-13-8-7-12(23(24)25)10-15(13)20-17/h3-8,10H,2,9,11H2,1H3,(H,19,20). The Bertz CT molecular complexity index is 1100. The number of hydrogen-bond acceptors (Lipinski definition) is 5. The van der Waals surface area contributed by atoms with Crippen molar-refractivity contribution in [2.75, 3.05) is 0 Å². The van der Waals surface area contributed by atoms with E-state index >= 15 is 0 Å². The minimum absolute atomic E-state index is 0.0603. The fourth-order valence-corrected chi connectivity index (χ4v) is 3.88. The predicted octanol–water partition coefficient (Wildman–Crippen LogP) is 4.52. The lowest BCUT2D eigenvalue weighted by Crippen LogP contribution is -1.99. The molecule has 0 aliphatic rings. The summed E-state index contributed by atoms with van der Waals surface area (Å²) in [6, 6.07) is 12.8. The highest BCUT2D eigenvalue weighted by Crippen LogP contribution is 2.27. The van der Waals surface area contributed by atoms with Gasteiger partial charge in [-0.25, -0.2) is 9.97 Å². The fourth-order valence-electron chi connectivity index (χ4n) is 2.97. The van der Waals surface area contributed by atoms with Gasteiger partial charge in [-0.1, -0.05) is 30.8 Å².